The molecule has 0 atom stereocenters. The predicted molar refractivity (Wildman–Crippen MR) is 54.9 cm³/mol. The molecule has 0 aromatic heterocycles. The van der Waals surface area contributed by atoms with E-state index in [2.05, 4.69) is 11.9 Å². The number of halogens is 2. The van der Waals surface area contributed by atoms with Crippen molar-refractivity contribution in [1.82, 2.24) is 5.32 Å². The molecule has 0 aromatic carbocycles. The fourth-order valence-corrected chi connectivity index (χ4v) is 0.967. The Labute approximate surface area is 83.2 Å². The highest BCUT2D eigenvalue weighted by Crippen LogP contribution is 2.26. The van der Waals surface area contributed by atoms with Crippen LogP contribution in [0.2, 0.25) is 0 Å². The molecule has 0 amide bonds. The van der Waals surface area contributed by atoms with Crippen LogP contribution in [-0.4, -0.2) is 18.7 Å². The maximum Gasteiger partial charge on any atom is 0.267 e. The molecule has 0 aromatic rings. The van der Waals surface area contributed by atoms with E-state index in [0.717, 1.165) is 13.1 Å². The van der Waals surface area contributed by atoms with Crippen molar-refractivity contribution in [3.05, 3.63) is 23.4 Å². The smallest absolute Gasteiger partial charge is 0.267 e. The average Bonchev–Trinajstić information content (AvgIpc) is 2.04. The Kier molecular flexibility index (Phi) is 4.47. The lowest BCUT2D eigenvalue weighted by molar-refractivity contribution is 0.0629. The van der Waals surface area contributed by atoms with Crippen LogP contribution in [0.4, 0.5) is 8.78 Å². The Bertz CT molecular complexity index is 262. The van der Waals surface area contributed by atoms with Crippen LogP contribution in [0.25, 0.3) is 0 Å². The van der Waals surface area contributed by atoms with Gasteiger partial charge in [-0.1, -0.05) is 6.58 Å². The summed E-state index contributed by atoms with van der Waals surface area (Å²) in [5.74, 6) is -2.91. The summed E-state index contributed by atoms with van der Waals surface area (Å²) in [6.07, 6.45) is 0.901. The van der Waals surface area contributed by atoms with Gasteiger partial charge in [0.15, 0.2) is 0 Å². The SMILES string of the molecule is C=C(NCC)/C(C=N)=C(/C)C(C)(F)F. The van der Waals surface area contributed by atoms with Gasteiger partial charge in [0, 0.05) is 36.5 Å². The number of rotatable bonds is 5. The molecule has 0 aliphatic heterocycles. The van der Waals surface area contributed by atoms with E-state index in [4.69, 9.17) is 5.41 Å². The van der Waals surface area contributed by atoms with Gasteiger partial charge in [-0.25, -0.2) is 8.78 Å². The van der Waals surface area contributed by atoms with Gasteiger partial charge in [0.05, 0.1) is 0 Å². The van der Waals surface area contributed by atoms with Crippen LogP contribution >= 0.6 is 0 Å². The largest absolute Gasteiger partial charge is 0.385 e. The molecule has 0 rings (SSSR count). The van der Waals surface area contributed by atoms with Crippen LogP contribution in [0.15, 0.2) is 23.4 Å². The van der Waals surface area contributed by atoms with Gasteiger partial charge in [-0.05, 0) is 13.8 Å². The van der Waals surface area contributed by atoms with E-state index >= 15 is 0 Å². The average molecular weight is 202 g/mol. The molecule has 0 saturated heterocycles. The van der Waals surface area contributed by atoms with Crippen molar-refractivity contribution in [2.75, 3.05) is 6.54 Å². The molecule has 14 heavy (non-hydrogen) atoms. The molecule has 0 unspecified atom stereocenters. The molecule has 0 aliphatic rings. The zero-order valence-electron chi connectivity index (χ0n) is 8.75. The van der Waals surface area contributed by atoms with Crippen molar-refractivity contribution in [2.24, 2.45) is 0 Å². The Hall–Kier alpha value is -1.19. The van der Waals surface area contributed by atoms with Crippen molar-refractivity contribution >= 4 is 6.21 Å². The Morgan fingerprint density at radius 2 is 2.07 bits per heavy atom. The van der Waals surface area contributed by atoms with Crippen molar-refractivity contribution in [3.8, 4) is 0 Å². The lowest BCUT2D eigenvalue weighted by atomic mass is 10.0. The summed E-state index contributed by atoms with van der Waals surface area (Å²) in [6, 6.07) is 0. The van der Waals surface area contributed by atoms with Gasteiger partial charge < -0.3 is 10.7 Å². The topological polar surface area (TPSA) is 35.9 Å². The molecule has 2 nitrogen and oxygen atoms in total. The van der Waals surface area contributed by atoms with Gasteiger partial charge in [-0.15, -0.1) is 0 Å². The number of likely N-dealkylation sites (N-methyl/N-ethyl adjacent to an activating group) is 1. The van der Waals surface area contributed by atoms with Gasteiger partial charge in [0.1, 0.15) is 0 Å². The fourth-order valence-electron chi connectivity index (χ4n) is 0.967. The van der Waals surface area contributed by atoms with Crippen LogP contribution in [0.3, 0.4) is 0 Å². The molecule has 80 valence electrons. The van der Waals surface area contributed by atoms with E-state index in [0.29, 0.717) is 12.2 Å². The summed E-state index contributed by atoms with van der Waals surface area (Å²) in [5, 5.41) is 9.87. The minimum Gasteiger partial charge on any atom is -0.385 e. The van der Waals surface area contributed by atoms with Crippen LogP contribution < -0.4 is 5.32 Å². The molecule has 0 saturated carbocycles. The summed E-state index contributed by atoms with van der Waals surface area (Å²) in [6.45, 7) is 8.15. The van der Waals surface area contributed by atoms with Crippen LogP contribution in [0, 0.1) is 5.41 Å². The van der Waals surface area contributed by atoms with Crippen molar-refractivity contribution in [2.45, 2.75) is 26.7 Å². The van der Waals surface area contributed by atoms with E-state index < -0.39 is 5.92 Å². The monoisotopic (exact) mass is 202 g/mol. The zero-order valence-corrected chi connectivity index (χ0v) is 8.75. The van der Waals surface area contributed by atoms with E-state index in [-0.39, 0.29) is 11.1 Å². The molecule has 2 N–H and O–H groups in total. The number of alkyl halides is 2. The highest BCUT2D eigenvalue weighted by molar-refractivity contribution is 5.83. The summed E-state index contributed by atoms with van der Waals surface area (Å²) in [5.41, 5.74) is 0.388. The summed E-state index contributed by atoms with van der Waals surface area (Å²) < 4.78 is 25.8. The lowest BCUT2D eigenvalue weighted by Gasteiger charge is -2.16. The van der Waals surface area contributed by atoms with E-state index in [1.807, 2.05) is 6.92 Å². The first-order chi connectivity index (χ1) is 6.34. The number of nitrogens with one attached hydrogen (secondary N) is 2. The van der Waals surface area contributed by atoms with Gasteiger partial charge >= 0.3 is 0 Å². The van der Waals surface area contributed by atoms with Gasteiger partial charge in [-0.2, -0.15) is 0 Å². The van der Waals surface area contributed by atoms with Gasteiger partial charge in [0.25, 0.3) is 5.92 Å². The predicted octanol–water partition coefficient (Wildman–Crippen LogP) is 2.73. The quantitative estimate of drug-likeness (QED) is 0.522. The maximum absolute atomic E-state index is 12.9. The summed E-state index contributed by atoms with van der Waals surface area (Å²) >= 11 is 0. The Morgan fingerprint density at radius 3 is 2.36 bits per heavy atom. The van der Waals surface area contributed by atoms with E-state index in [1.165, 1.54) is 6.92 Å². The molecule has 0 radical (unpaired) electrons. The molecule has 0 bridgehead atoms. The van der Waals surface area contributed by atoms with Crippen molar-refractivity contribution in [1.29, 1.82) is 5.41 Å². The lowest BCUT2D eigenvalue weighted by Crippen LogP contribution is -2.20. The maximum atomic E-state index is 12.9. The molecule has 4 heteroatoms. The first-order valence-corrected chi connectivity index (χ1v) is 4.37. The highest BCUT2D eigenvalue weighted by atomic mass is 19.3. The molecule has 0 heterocycles. The third-order valence-electron chi connectivity index (χ3n) is 1.92. The first kappa shape index (κ1) is 12.8. The van der Waals surface area contributed by atoms with Crippen molar-refractivity contribution < 1.29 is 8.78 Å². The first-order valence-electron chi connectivity index (χ1n) is 4.37. The molecule has 0 aliphatic carbocycles. The molecule has 0 spiro atoms. The molecule has 0 fully saturated rings. The van der Waals surface area contributed by atoms with Crippen molar-refractivity contribution in [3.63, 3.8) is 0 Å². The Morgan fingerprint density at radius 1 is 1.57 bits per heavy atom. The van der Waals surface area contributed by atoms with E-state index in [9.17, 15) is 8.78 Å². The van der Waals surface area contributed by atoms with E-state index in [1.54, 1.807) is 0 Å². The fraction of sp³-hybridized carbons (Fsp3) is 0.500. The second-order valence-corrected chi connectivity index (χ2v) is 3.08. The van der Waals surface area contributed by atoms with Gasteiger partial charge in [-0.3, -0.25) is 0 Å². The minimum atomic E-state index is -2.91. The number of allylic oxidation sites excluding steroid dienone is 2. The summed E-state index contributed by atoms with van der Waals surface area (Å²) in [7, 11) is 0. The summed E-state index contributed by atoms with van der Waals surface area (Å²) in [4.78, 5) is 0. The van der Waals surface area contributed by atoms with Crippen LogP contribution in [0.1, 0.15) is 20.8 Å². The number of hydrogen-bond acceptors (Lipinski definition) is 2. The third-order valence-corrected chi connectivity index (χ3v) is 1.92. The standard InChI is InChI=1S/C10H16F2N2/c1-5-14-8(3)9(6-13)7(2)10(4,11)12/h6,13-14H,3,5H2,1-2,4H3/b9-7-,13-6?. The second-order valence-electron chi connectivity index (χ2n) is 3.08. The zero-order chi connectivity index (χ0) is 11.4. The Balaban J connectivity index is 5.04. The normalized spacial score (nSPS) is 13.2. The van der Waals surface area contributed by atoms with Crippen LogP contribution in [-0.2, 0) is 0 Å². The number of hydrogen-bond donors (Lipinski definition) is 2. The highest BCUT2D eigenvalue weighted by Gasteiger charge is 2.26. The molecular weight excluding hydrogens is 186 g/mol. The van der Waals surface area contributed by atoms with Gasteiger partial charge in [0.2, 0.25) is 0 Å². The second kappa shape index (κ2) is 4.88. The molecular formula is C10H16F2N2. The third kappa shape index (κ3) is 3.28. The minimum absolute atomic E-state index is 0.140. The van der Waals surface area contributed by atoms with Crippen LogP contribution in [0.5, 0.6) is 0 Å².